The Morgan fingerprint density at radius 1 is 1.03 bits per heavy atom. The minimum Gasteiger partial charge on any atom is -0.391 e. The number of benzene rings is 3. The van der Waals surface area contributed by atoms with Crippen molar-refractivity contribution >= 4 is 44.8 Å². The molecule has 0 aliphatic carbocycles. The average Bonchev–Trinajstić information content (AvgIpc) is 3.33. The van der Waals surface area contributed by atoms with Gasteiger partial charge < -0.3 is 10.8 Å². The van der Waals surface area contributed by atoms with Crippen molar-refractivity contribution in [2.45, 2.75) is 36.2 Å². The molecule has 200 valence electrons. The van der Waals surface area contributed by atoms with E-state index in [4.69, 9.17) is 34.0 Å². The van der Waals surface area contributed by atoms with Gasteiger partial charge in [-0.15, -0.1) is 0 Å². The van der Waals surface area contributed by atoms with Crippen LogP contribution >= 0.6 is 23.2 Å². The Labute approximate surface area is 231 Å². The molecule has 9 nitrogen and oxygen atoms in total. The molecule has 1 aliphatic rings. The largest absolute Gasteiger partial charge is 0.391 e. The molecule has 0 fully saturated rings. The van der Waals surface area contributed by atoms with Crippen LogP contribution in [-0.4, -0.2) is 55.1 Å². The standard InChI is InChI=1S/C26H27Cl2N5O4S/c1-16(34)23(25(29)35)30-26(32-38(36,37)21-13-11-20(28)12-14-21)33-15-22(17-5-3-2-4-6-17)24(31-33)18-7-9-19(27)10-8-18/h2-14,16,22-23,26,30,32,34H,15H2,1H3,(H2,29,35)/t16-,22-,23+,26?/m1/s1. The molecule has 12 heteroatoms. The SMILES string of the molecule is C[C@@H](O)[C@H](NC(NS(=O)(=O)c1ccc(Cl)cc1)N1C[C@H](c2ccccc2)C(c2ccc(Cl)cc2)=N1)C(N)=O. The van der Waals surface area contributed by atoms with Crippen LogP contribution in [0.15, 0.2) is 88.9 Å². The summed E-state index contributed by atoms with van der Waals surface area (Å²) in [7, 11) is -4.11. The molecule has 0 saturated carbocycles. The van der Waals surface area contributed by atoms with Crippen molar-refractivity contribution in [3.05, 3.63) is 100 Å². The Morgan fingerprint density at radius 3 is 2.16 bits per heavy atom. The summed E-state index contributed by atoms with van der Waals surface area (Å²) in [6.45, 7) is 1.64. The van der Waals surface area contributed by atoms with Gasteiger partial charge in [-0.2, -0.15) is 9.82 Å². The van der Waals surface area contributed by atoms with E-state index in [1.54, 1.807) is 12.1 Å². The minimum atomic E-state index is -4.11. The van der Waals surface area contributed by atoms with E-state index in [0.717, 1.165) is 11.1 Å². The third-order valence-electron chi connectivity index (χ3n) is 6.09. The molecule has 5 N–H and O–H groups in total. The van der Waals surface area contributed by atoms with Crippen molar-refractivity contribution in [2.75, 3.05) is 6.54 Å². The molecule has 1 aliphatic heterocycles. The van der Waals surface area contributed by atoms with Crippen molar-refractivity contribution in [3.8, 4) is 0 Å². The molecule has 1 unspecified atom stereocenters. The highest BCUT2D eigenvalue weighted by Crippen LogP contribution is 2.30. The molecule has 0 spiro atoms. The number of hydrazone groups is 1. The van der Waals surface area contributed by atoms with Crippen LogP contribution in [0.5, 0.6) is 0 Å². The number of carbonyl (C=O) groups excluding carboxylic acids is 1. The monoisotopic (exact) mass is 575 g/mol. The first kappa shape index (κ1) is 28.0. The topological polar surface area (TPSA) is 137 Å². The third-order valence-corrected chi connectivity index (χ3v) is 8.02. The van der Waals surface area contributed by atoms with E-state index in [0.29, 0.717) is 15.8 Å². The molecule has 38 heavy (non-hydrogen) atoms. The smallest absolute Gasteiger partial charge is 0.243 e. The quantitative estimate of drug-likeness (QED) is 0.274. The van der Waals surface area contributed by atoms with E-state index >= 15 is 0 Å². The number of halogens is 2. The number of nitrogens with two attached hydrogens (primary N) is 1. The summed E-state index contributed by atoms with van der Waals surface area (Å²) in [5, 5.41) is 20.2. The summed E-state index contributed by atoms with van der Waals surface area (Å²) in [6, 6.07) is 21.2. The van der Waals surface area contributed by atoms with Gasteiger partial charge >= 0.3 is 0 Å². The highest BCUT2D eigenvalue weighted by Gasteiger charge is 2.37. The van der Waals surface area contributed by atoms with Gasteiger partial charge in [0.15, 0.2) is 6.29 Å². The van der Waals surface area contributed by atoms with E-state index in [9.17, 15) is 18.3 Å². The normalized spacial score (nSPS) is 18.1. The maximum absolute atomic E-state index is 13.3. The molecule has 3 aromatic carbocycles. The number of amides is 1. The zero-order valence-electron chi connectivity index (χ0n) is 20.3. The minimum absolute atomic E-state index is 0.0397. The molecule has 0 saturated heterocycles. The van der Waals surface area contributed by atoms with Crippen molar-refractivity contribution in [2.24, 2.45) is 10.8 Å². The van der Waals surface area contributed by atoms with Crippen LogP contribution in [0.4, 0.5) is 0 Å². The van der Waals surface area contributed by atoms with Gasteiger partial charge in [-0.3, -0.25) is 15.1 Å². The second-order valence-corrected chi connectivity index (χ2v) is 11.4. The molecular weight excluding hydrogens is 549 g/mol. The lowest BCUT2D eigenvalue weighted by atomic mass is 9.91. The fraction of sp³-hybridized carbons (Fsp3) is 0.231. The highest BCUT2D eigenvalue weighted by molar-refractivity contribution is 7.89. The van der Waals surface area contributed by atoms with Gasteiger partial charge in [0.2, 0.25) is 15.9 Å². The fourth-order valence-electron chi connectivity index (χ4n) is 4.15. The van der Waals surface area contributed by atoms with Gasteiger partial charge in [-0.1, -0.05) is 65.7 Å². The van der Waals surface area contributed by atoms with E-state index < -0.39 is 34.4 Å². The van der Waals surface area contributed by atoms with Gasteiger partial charge in [0, 0.05) is 16.0 Å². The number of sulfonamides is 1. The number of hydrogen-bond acceptors (Lipinski definition) is 7. The zero-order chi connectivity index (χ0) is 27.4. The van der Waals surface area contributed by atoms with E-state index in [-0.39, 0.29) is 17.4 Å². The number of primary amides is 1. The van der Waals surface area contributed by atoms with Crippen LogP contribution in [0.2, 0.25) is 10.0 Å². The summed E-state index contributed by atoms with van der Waals surface area (Å²) in [5.74, 6) is -1.09. The molecule has 1 amide bonds. The summed E-state index contributed by atoms with van der Waals surface area (Å²) in [5.41, 5.74) is 7.95. The number of rotatable bonds is 10. The molecule has 4 atom stereocenters. The van der Waals surface area contributed by atoms with E-state index in [2.05, 4.69) is 10.0 Å². The molecule has 4 rings (SSSR count). The molecule has 0 aromatic heterocycles. The van der Waals surface area contributed by atoms with Gasteiger partial charge in [0.25, 0.3) is 0 Å². The summed E-state index contributed by atoms with van der Waals surface area (Å²) in [4.78, 5) is 12.1. The predicted octanol–water partition coefficient (Wildman–Crippen LogP) is 2.88. The Kier molecular flexibility index (Phi) is 8.71. The van der Waals surface area contributed by atoms with Crippen LogP contribution in [0.1, 0.15) is 24.0 Å². The van der Waals surface area contributed by atoms with Gasteiger partial charge in [-0.05, 0) is 54.4 Å². The summed E-state index contributed by atoms with van der Waals surface area (Å²) in [6.07, 6.45) is -2.44. The van der Waals surface area contributed by atoms with Gasteiger partial charge in [0.05, 0.1) is 23.3 Å². The van der Waals surface area contributed by atoms with Crippen molar-refractivity contribution in [3.63, 3.8) is 0 Å². The fourth-order valence-corrected chi connectivity index (χ4v) is 5.52. The lowest BCUT2D eigenvalue weighted by Gasteiger charge is -2.32. The Morgan fingerprint density at radius 2 is 1.61 bits per heavy atom. The van der Waals surface area contributed by atoms with Gasteiger partial charge in [-0.25, -0.2) is 8.42 Å². The highest BCUT2D eigenvalue weighted by atomic mass is 35.5. The molecule has 0 radical (unpaired) electrons. The van der Waals surface area contributed by atoms with Crippen molar-refractivity contribution < 1.29 is 18.3 Å². The van der Waals surface area contributed by atoms with Crippen LogP contribution in [-0.2, 0) is 14.8 Å². The number of nitrogens with one attached hydrogen (secondary N) is 2. The third kappa shape index (κ3) is 6.52. The first-order chi connectivity index (χ1) is 18.0. The molecule has 1 heterocycles. The van der Waals surface area contributed by atoms with Crippen LogP contribution < -0.4 is 15.8 Å². The van der Waals surface area contributed by atoms with Gasteiger partial charge in [0.1, 0.15) is 6.04 Å². The first-order valence-electron chi connectivity index (χ1n) is 11.7. The average molecular weight is 577 g/mol. The number of nitrogens with zero attached hydrogens (tertiary/aromatic N) is 2. The van der Waals surface area contributed by atoms with Crippen LogP contribution in [0, 0.1) is 0 Å². The zero-order valence-corrected chi connectivity index (χ0v) is 22.7. The first-order valence-corrected chi connectivity index (χ1v) is 14.0. The van der Waals surface area contributed by atoms with Crippen LogP contribution in [0.25, 0.3) is 0 Å². The van der Waals surface area contributed by atoms with E-state index in [1.807, 2.05) is 42.5 Å². The number of aliphatic hydroxyl groups excluding tert-OH is 1. The molecular formula is C26H27Cl2N5O4S. The predicted molar refractivity (Wildman–Crippen MR) is 147 cm³/mol. The van der Waals surface area contributed by atoms with Crippen LogP contribution in [0.3, 0.4) is 0 Å². The second kappa shape index (κ2) is 11.8. The number of aliphatic hydroxyl groups is 1. The number of carbonyl (C=O) groups is 1. The number of hydrogen-bond donors (Lipinski definition) is 4. The molecule has 3 aromatic rings. The van der Waals surface area contributed by atoms with Crippen molar-refractivity contribution in [1.29, 1.82) is 0 Å². The maximum Gasteiger partial charge on any atom is 0.243 e. The van der Waals surface area contributed by atoms with E-state index in [1.165, 1.54) is 36.2 Å². The summed E-state index contributed by atoms with van der Waals surface area (Å²) >= 11 is 12.0. The Hall–Kier alpha value is -2.99. The maximum atomic E-state index is 13.3. The summed E-state index contributed by atoms with van der Waals surface area (Å²) < 4.78 is 29.2. The van der Waals surface area contributed by atoms with Crippen molar-refractivity contribution in [1.82, 2.24) is 15.0 Å². The molecule has 0 bridgehead atoms. The Bertz CT molecular complexity index is 1400. The second-order valence-electron chi connectivity index (χ2n) is 8.84. The lowest BCUT2D eigenvalue weighted by molar-refractivity contribution is -0.123. The lowest BCUT2D eigenvalue weighted by Crippen LogP contribution is -2.62. The Balaban J connectivity index is 1.75.